The van der Waals surface area contributed by atoms with E-state index in [1.54, 1.807) is 6.92 Å². The van der Waals surface area contributed by atoms with Crippen molar-refractivity contribution in [1.82, 2.24) is 15.3 Å². The molecule has 1 atom stereocenters. The zero-order chi connectivity index (χ0) is 20.4. The van der Waals surface area contributed by atoms with Gasteiger partial charge in [0.05, 0.1) is 0 Å². The van der Waals surface area contributed by atoms with E-state index in [0.717, 1.165) is 0 Å². The van der Waals surface area contributed by atoms with Crippen LogP contribution in [0.3, 0.4) is 0 Å². The number of benzene rings is 1. The van der Waals surface area contributed by atoms with Gasteiger partial charge in [0.1, 0.15) is 18.3 Å². The first-order chi connectivity index (χ1) is 12.5. The molecule has 1 aliphatic heterocycles. The third-order valence-electron chi connectivity index (χ3n) is 4.43. The number of hydrogen-bond acceptors (Lipinski definition) is 5. The highest BCUT2D eigenvalue weighted by Crippen LogP contribution is 2.22. The molecule has 0 bridgehead atoms. The highest BCUT2D eigenvalue weighted by Gasteiger charge is 2.36. The van der Waals surface area contributed by atoms with Gasteiger partial charge in [-0.1, -0.05) is 6.07 Å². The fourth-order valence-electron chi connectivity index (χ4n) is 3.08. The number of hydroxylamine groups is 2. The lowest BCUT2D eigenvalue weighted by Crippen LogP contribution is -2.53. The Balaban J connectivity index is 2.05. The molecule has 1 saturated heterocycles. The van der Waals surface area contributed by atoms with E-state index in [-0.39, 0.29) is 17.2 Å². The maximum Gasteiger partial charge on any atom is 0.278 e. The summed E-state index contributed by atoms with van der Waals surface area (Å²) in [6, 6.07) is 3.77. The zero-order valence-corrected chi connectivity index (χ0v) is 16.2. The van der Waals surface area contributed by atoms with Crippen molar-refractivity contribution in [2.24, 2.45) is 0 Å². The standard InChI is InChI=1S/C19H27N3O5/c1-12-13(7-5-9-15(12)23)18(26)22(27)11-16(24)21-10-6-8-14(21)17(25)20-19(2,3)4/h5,7,9,14,23,27H,6,8,10-11H2,1-4H3,(H,20,25)/t14-/m1/s1. The molecule has 1 aromatic carbocycles. The van der Waals surface area contributed by atoms with Gasteiger partial charge in [-0.15, -0.1) is 0 Å². The van der Waals surface area contributed by atoms with Crippen LogP contribution in [0.2, 0.25) is 0 Å². The number of nitrogens with one attached hydrogen (secondary N) is 1. The average Bonchev–Trinajstić information content (AvgIpc) is 3.05. The van der Waals surface area contributed by atoms with E-state index in [9.17, 15) is 24.7 Å². The smallest absolute Gasteiger partial charge is 0.278 e. The van der Waals surface area contributed by atoms with Crippen LogP contribution in [0.4, 0.5) is 0 Å². The highest BCUT2D eigenvalue weighted by molar-refractivity contribution is 5.98. The molecule has 1 aliphatic rings. The summed E-state index contributed by atoms with van der Waals surface area (Å²) in [6.07, 6.45) is 1.22. The van der Waals surface area contributed by atoms with Crippen LogP contribution in [0, 0.1) is 6.92 Å². The molecule has 8 heteroatoms. The molecule has 8 nitrogen and oxygen atoms in total. The topological polar surface area (TPSA) is 110 Å². The Labute approximate surface area is 158 Å². The maximum atomic E-state index is 12.6. The van der Waals surface area contributed by atoms with Crippen molar-refractivity contribution in [2.45, 2.75) is 52.1 Å². The van der Waals surface area contributed by atoms with E-state index in [1.165, 1.54) is 23.1 Å². The van der Waals surface area contributed by atoms with Crippen molar-refractivity contribution < 1.29 is 24.7 Å². The van der Waals surface area contributed by atoms with Crippen LogP contribution in [0.15, 0.2) is 18.2 Å². The van der Waals surface area contributed by atoms with Crippen molar-refractivity contribution in [1.29, 1.82) is 0 Å². The molecule has 1 aromatic rings. The SMILES string of the molecule is Cc1c(O)cccc1C(=O)N(O)CC(=O)N1CCC[C@@H]1C(=O)NC(C)(C)C. The first-order valence-electron chi connectivity index (χ1n) is 8.92. The molecule has 1 fully saturated rings. The molecular formula is C19H27N3O5. The van der Waals surface area contributed by atoms with E-state index >= 15 is 0 Å². The minimum atomic E-state index is -0.786. The highest BCUT2D eigenvalue weighted by atomic mass is 16.5. The van der Waals surface area contributed by atoms with Gasteiger partial charge in [0.2, 0.25) is 11.8 Å². The first kappa shape index (κ1) is 20.7. The Bertz CT molecular complexity index is 741. The number of carbonyl (C=O) groups excluding carboxylic acids is 3. The number of nitrogens with zero attached hydrogens (tertiary/aromatic N) is 2. The average molecular weight is 377 g/mol. The molecule has 0 aliphatic carbocycles. The summed E-state index contributed by atoms with van der Waals surface area (Å²) in [7, 11) is 0. The second-order valence-electron chi connectivity index (χ2n) is 7.80. The van der Waals surface area contributed by atoms with E-state index in [4.69, 9.17) is 0 Å². The number of rotatable bonds is 4. The first-order valence-corrected chi connectivity index (χ1v) is 8.92. The lowest BCUT2D eigenvalue weighted by atomic mass is 10.1. The van der Waals surface area contributed by atoms with Crippen LogP contribution in [0.1, 0.15) is 49.5 Å². The number of likely N-dealkylation sites (tertiary alicyclic amines) is 1. The predicted octanol–water partition coefficient (Wildman–Crippen LogP) is 1.44. The Kier molecular flexibility index (Phi) is 6.10. The van der Waals surface area contributed by atoms with Crippen molar-refractivity contribution >= 4 is 17.7 Å². The van der Waals surface area contributed by atoms with Gasteiger partial charge in [0, 0.05) is 23.2 Å². The van der Waals surface area contributed by atoms with Gasteiger partial charge in [-0.25, -0.2) is 5.06 Å². The summed E-state index contributed by atoms with van der Waals surface area (Å²) >= 11 is 0. The number of phenolic OH excluding ortho intramolecular Hbond substituents is 1. The van der Waals surface area contributed by atoms with Crippen molar-refractivity contribution in [2.75, 3.05) is 13.1 Å². The quantitative estimate of drug-likeness (QED) is 0.543. The molecule has 148 valence electrons. The van der Waals surface area contributed by atoms with Crippen LogP contribution in [-0.2, 0) is 9.59 Å². The van der Waals surface area contributed by atoms with Crippen molar-refractivity contribution in [3.8, 4) is 5.75 Å². The lowest BCUT2D eigenvalue weighted by Gasteiger charge is -2.29. The predicted molar refractivity (Wildman–Crippen MR) is 98.3 cm³/mol. The molecule has 1 heterocycles. The number of phenols is 1. The summed E-state index contributed by atoms with van der Waals surface area (Å²) < 4.78 is 0. The van der Waals surface area contributed by atoms with Gasteiger partial charge in [-0.2, -0.15) is 0 Å². The second-order valence-corrected chi connectivity index (χ2v) is 7.80. The number of hydrogen-bond donors (Lipinski definition) is 3. The van der Waals surface area contributed by atoms with Gasteiger partial charge in [-0.05, 0) is 52.7 Å². The maximum absolute atomic E-state index is 12.6. The molecule has 27 heavy (non-hydrogen) atoms. The second kappa shape index (κ2) is 7.96. The van der Waals surface area contributed by atoms with Gasteiger partial charge < -0.3 is 15.3 Å². The summed E-state index contributed by atoms with van der Waals surface area (Å²) in [5, 5.41) is 23.0. The third-order valence-corrected chi connectivity index (χ3v) is 4.43. The molecular weight excluding hydrogens is 350 g/mol. The van der Waals surface area contributed by atoms with Gasteiger partial charge in [0.15, 0.2) is 0 Å². The number of carbonyl (C=O) groups is 3. The number of aromatic hydroxyl groups is 1. The largest absolute Gasteiger partial charge is 0.508 e. The van der Waals surface area contributed by atoms with Gasteiger partial charge >= 0.3 is 0 Å². The van der Waals surface area contributed by atoms with Gasteiger partial charge in [-0.3, -0.25) is 19.6 Å². The summed E-state index contributed by atoms with van der Waals surface area (Å²) in [6.45, 7) is 6.96. The number of amides is 3. The van der Waals surface area contributed by atoms with Crippen LogP contribution >= 0.6 is 0 Å². The minimum Gasteiger partial charge on any atom is -0.508 e. The Morgan fingerprint density at radius 3 is 2.59 bits per heavy atom. The lowest BCUT2D eigenvalue weighted by molar-refractivity contribution is -0.145. The molecule has 3 N–H and O–H groups in total. The monoisotopic (exact) mass is 377 g/mol. The Hall–Kier alpha value is -2.61. The fraction of sp³-hybridized carbons (Fsp3) is 0.526. The molecule has 2 rings (SSSR count). The molecule has 0 radical (unpaired) electrons. The van der Waals surface area contributed by atoms with E-state index in [0.29, 0.717) is 30.0 Å². The van der Waals surface area contributed by atoms with E-state index < -0.39 is 29.9 Å². The van der Waals surface area contributed by atoms with Crippen molar-refractivity contribution in [3.05, 3.63) is 29.3 Å². The Morgan fingerprint density at radius 1 is 1.30 bits per heavy atom. The van der Waals surface area contributed by atoms with E-state index in [2.05, 4.69) is 5.32 Å². The van der Waals surface area contributed by atoms with E-state index in [1.807, 2.05) is 20.8 Å². The Morgan fingerprint density at radius 2 is 1.96 bits per heavy atom. The van der Waals surface area contributed by atoms with Crippen LogP contribution in [0.5, 0.6) is 5.75 Å². The molecule has 0 saturated carbocycles. The third kappa shape index (κ3) is 4.97. The molecule has 0 unspecified atom stereocenters. The molecule has 0 spiro atoms. The van der Waals surface area contributed by atoms with Crippen LogP contribution in [-0.4, -0.2) is 62.7 Å². The fourth-order valence-corrected chi connectivity index (χ4v) is 3.08. The zero-order valence-electron chi connectivity index (χ0n) is 16.2. The molecule has 3 amide bonds. The summed E-state index contributed by atoms with van der Waals surface area (Å²) in [5.41, 5.74) is 0.00609. The van der Waals surface area contributed by atoms with Crippen molar-refractivity contribution in [3.63, 3.8) is 0 Å². The van der Waals surface area contributed by atoms with Crippen LogP contribution in [0.25, 0.3) is 0 Å². The summed E-state index contributed by atoms with van der Waals surface area (Å²) in [4.78, 5) is 38.8. The van der Waals surface area contributed by atoms with Crippen LogP contribution < -0.4 is 5.32 Å². The minimum absolute atomic E-state index is 0.0703. The van der Waals surface area contributed by atoms with Gasteiger partial charge in [0.25, 0.3) is 5.91 Å². The summed E-state index contributed by atoms with van der Waals surface area (Å²) in [5.74, 6) is -1.60. The normalized spacial score (nSPS) is 16.9. The molecule has 0 aromatic heterocycles.